The minimum absolute atomic E-state index is 0.0392. The fourth-order valence-electron chi connectivity index (χ4n) is 3.31. The largest absolute Gasteiger partial charge is 0.486 e. The minimum atomic E-state index is -1.27. The van der Waals surface area contributed by atoms with E-state index < -0.39 is 23.3 Å². The number of halogens is 3. The summed E-state index contributed by atoms with van der Waals surface area (Å²) in [6, 6.07) is 9.54. The molecule has 4 aromatic rings. The van der Waals surface area contributed by atoms with Crippen LogP contribution in [0.1, 0.15) is 28.3 Å². The number of carboxylic acids is 1. The molecule has 11 heteroatoms. The number of rotatable bonds is 5. The Morgan fingerprint density at radius 1 is 1.12 bits per heavy atom. The van der Waals surface area contributed by atoms with E-state index in [4.69, 9.17) is 39.5 Å². The Morgan fingerprint density at radius 2 is 1.81 bits per heavy atom. The van der Waals surface area contributed by atoms with Gasteiger partial charge in [0.25, 0.3) is 5.56 Å². The predicted molar refractivity (Wildman–Crippen MR) is 126 cm³/mol. The van der Waals surface area contributed by atoms with Crippen LogP contribution in [-0.2, 0) is 0 Å². The molecule has 164 valence electrons. The molecule has 0 amide bonds. The van der Waals surface area contributed by atoms with E-state index in [0.29, 0.717) is 21.4 Å². The molecule has 2 heterocycles. The zero-order chi connectivity index (χ0) is 23.2. The molecule has 0 aliphatic rings. The van der Waals surface area contributed by atoms with Crippen molar-refractivity contribution in [2.45, 2.75) is 13.0 Å². The molecule has 2 N–H and O–H groups in total. The van der Waals surface area contributed by atoms with Gasteiger partial charge in [0.2, 0.25) is 0 Å². The average Bonchev–Trinajstić information content (AvgIpc) is 3.14. The summed E-state index contributed by atoms with van der Waals surface area (Å²) in [5, 5.41) is 11.6. The maximum Gasteiger partial charge on any atom is 0.346 e. The van der Waals surface area contributed by atoms with E-state index in [1.807, 2.05) is 0 Å². The molecule has 0 saturated heterocycles. The number of benzene rings is 2. The lowest BCUT2D eigenvalue weighted by molar-refractivity contribution is 0.0704. The van der Waals surface area contributed by atoms with Crippen LogP contribution >= 0.6 is 46.1 Å². The summed E-state index contributed by atoms with van der Waals surface area (Å²) in [6.07, 6.45) is -0.557. The summed E-state index contributed by atoms with van der Waals surface area (Å²) < 4.78 is 6.73. The van der Waals surface area contributed by atoms with Crippen molar-refractivity contribution < 1.29 is 14.6 Å². The van der Waals surface area contributed by atoms with Crippen LogP contribution in [0, 0.1) is 0 Å². The zero-order valence-electron chi connectivity index (χ0n) is 16.2. The highest BCUT2D eigenvalue weighted by atomic mass is 35.5. The van der Waals surface area contributed by atoms with Gasteiger partial charge in [0, 0.05) is 27.1 Å². The summed E-state index contributed by atoms with van der Waals surface area (Å²) in [6.45, 7) is 1.75. The number of aromatic carboxylic acids is 1. The number of carbonyl (C=O) groups is 1. The van der Waals surface area contributed by atoms with Crippen molar-refractivity contribution >= 4 is 63.0 Å². The van der Waals surface area contributed by atoms with Crippen molar-refractivity contribution in [3.8, 4) is 11.4 Å². The Kier molecular flexibility index (Phi) is 6.05. The number of carboxylic acid groups (broad SMARTS) is 1. The smallest absolute Gasteiger partial charge is 0.346 e. The van der Waals surface area contributed by atoms with Crippen molar-refractivity contribution in [1.29, 1.82) is 0 Å². The molecule has 4 rings (SSSR count). The first-order valence-corrected chi connectivity index (χ1v) is 11.1. The fourth-order valence-corrected chi connectivity index (χ4v) is 5.05. The van der Waals surface area contributed by atoms with Gasteiger partial charge in [-0.3, -0.25) is 4.79 Å². The lowest BCUT2D eigenvalue weighted by Gasteiger charge is -2.18. The van der Waals surface area contributed by atoms with E-state index in [-0.39, 0.29) is 26.5 Å². The quantitative estimate of drug-likeness (QED) is 0.366. The minimum Gasteiger partial charge on any atom is -0.486 e. The third-order valence-corrected chi connectivity index (χ3v) is 6.67. The molecule has 2 aromatic carbocycles. The van der Waals surface area contributed by atoms with Gasteiger partial charge in [0.05, 0.1) is 21.6 Å². The lowest BCUT2D eigenvalue weighted by atomic mass is 10.1. The highest BCUT2D eigenvalue weighted by molar-refractivity contribution is 7.13. The first-order valence-electron chi connectivity index (χ1n) is 9.09. The van der Waals surface area contributed by atoms with Crippen LogP contribution in [-0.4, -0.2) is 20.6 Å². The third-order valence-electron chi connectivity index (χ3n) is 4.72. The van der Waals surface area contributed by atoms with Crippen LogP contribution < -0.4 is 16.0 Å². The van der Waals surface area contributed by atoms with E-state index in [1.54, 1.807) is 31.2 Å². The second-order valence-electron chi connectivity index (χ2n) is 6.74. The Morgan fingerprint density at radius 3 is 2.47 bits per heavy atom. The molecule has 0 radical (unpaired) electrons. The summed E-state index contributed by atoms with van der Waals surface area (Å²) in [5.74, 6) is -0.975. The second-order valence-corrected chi connectivity index (χ2v) is 8.84. The van der Waals surface area contributed by atoms with Gasteiger partial charge >= 0.3 is 11.7 Å². The number of ether oxygens (including phenoxy) is 1. The van der Waals surface area contributed by atoms with E-state index in [9.17, 15) is 19.5 Å². The number of fused-ring (bicyclic) bond motifs is 1. The fraction of sp³-hybridized carbons (Fsp3) is 0.0952. The van der Waals surface area contributed by atoms with E-state index in [0.717, 1.165) is 15.9 Å². The van der Waals surface area contributed by atoms with E-state index >= 15 is 0 Å². The molecule has 1 unspecified atom stereocenters. The SMILES string of the molecule is CC(Oc1ccc(Cl)c(-n2c(=O)[nH]c3csc(C(=O)O)c3c2=O)c1)c1c(Cl)cccc1Cl. The van der Waals surface area contributed by atoms with Crippen molar-refractivity contribution in [2.24, 2.45) is 0 Å². The van der Waals surface area contributed by atoms with Gasteiger partial charge in [0.1, 0.15) is 16.7 Å². The molecular weight excluding hydrogens is 499 g/mol. The maximum absolute atomic E-state index is 13.1. The van der Waals surface area contributed by atoms with Crippen molar-refractivity contribution in [2.75, 3.05) is 0 Å². The number of nitrogens with zero attached hydrogens (tertiary/aromatic N) is 1. The van der Waals surface area contributed by atoms with Crippen molar-refractivity contribution in [3.63, 3.8) is 0 Å². The highest BCUT2D eigenvalue weighted by Crippen LogP contribution is 2.34. The third kappa shape index (κ3) is 3.91. The Balaban J connectivity index is 1.83. The van der Waals surface area contributed by atoms with Gasteiger partial charge in [-0.05, 0) is 31.2 Å². The molecule has 2 aromatic heterocycles. The standard InChI is InChI=1S/C21H13Cl3N2O5S/c1-9(16-12(23)3-2-4-13(16)24)31-10-5-6-11(22)15(7-10)26-19(27)17-14(25-21(26)30)8-32-18(17)20(28)29/h2-9H,1H3,(H,25,30)(H,28,29). The van der Waals surface area contributed by atoms with Crippen LogP contribution in [0.5, 0.6) is 5.75 Å². The Hall–Kier alpha value is -2.78. The van der Waals surface area contributed by atoms with Gasteiger partial charge in [-0.2, -0.15) is 0 Å². The van der Waals surface area contributed by atoms with Gasteiger partial charge < -0.3 is 14.8 Å². The van der Waals surface area contributed by atoms with Gasteiger partial charge in [-0.1, -0.05) is 40.9 Å². The monoisotopic (exact) mass is 510 g/mol. The summed E-state index contributed by atoms with van der Waals surface area (Å²) in [7, 11) is 0. The summed E-state index contributed by atoms with van der Waals surface area (Å²) in [5.41, 5.74) is -0.809. The summed E-state index contributed by atoms with van der Waals surface area (Å²) >= 11 is 19.6. The van der Waals surface area contributed by atoms with Crippen molar-refractivity contribution in [1.82, 2.24) is 9.55 Å². The molecule has 7 nitrogen and oxygen atoms in total. The van der Waals surface area contributed by atoms with Crippen LogP contribution in [0.25, 0.3) is 16.6 Å². The molecule has 0 aliphatic carbocycles. The number of thiophene rings is 1. The summed E-state index contributed by atoms with van der Waals surface area (Å²) in [4.78, 5) is 39.6. The lowest BCUT2D eigenvalue weighted by Crippen LogP contribution is -2.34. The van der Waals surface area contributed by atoms with Crippen LogP contribution in [0.4, 0.5) is 0 Å². The Labute approximate surface area is 199 Å². The number of hydrogen-bond donors (Lipinski definition) is 2. The number of nitrogens with one attached hydrogen (secondary N) is 1. The highest BCUT2D eigenvalue weighted by Gasteiger charge is 2.21. The first kappa shape index (κ1) is 22.4. The Bertz CT molecular complexity index is 1470. The second kappa shape index (κ2) is 8.63. The predicted octanol–water partition coefficient (Wildman–Crippen LogP) is 5.54. The average molecular weight is 512 g/mol. The number of hydrogen-bond acceptors (Lipinski definition) is 5. The number of H-pyrrole nitrogens is 1. The normalized spacial score (nSPS) is 12.1. The van der Waals surface area contributed by atoms with Crippen molar-refractivity contribution in [3.05, 3.63) is 88.1 Å². The molecule has 32 heavy (non-hydrogen) atoms. The molecule has 0 saturated carbocycles. The molecular formula is C21H13Cl3N2O5S. The van der Waals surface area contributed by atoms with Crippen LogP contribution in [0.2, 0.25) is 15.1 Å². The number of aromatic nitrogens is 2. The van der Waals surface area contributed by atoms with Crippen LogP contribution in [0.15, 0.2) is 51.4 Å². The maximum atomic E-state index is 13.1. The zero-order valence-corrected chi connectivity index (χ0v) is 19.3. The number of aromatic amines is 1. The van der Waals surface area contributed by atoms with Gasteiger partial charge in [-0.15, -0.1) is 11.3 Å². The van der Waals surface area contributed by atoms with Gasteiger partial charge in [-0.25, -0.2) is 14.2 Å². The molecule has 0 aliphatic heterocycles. The molecule has 1 atom stereocenters. The van der Waals surface area contributed by atoms with Crippen LogP contribution in [0.3, 0.4) is 0 Å². The topological polar surface area (TPSA) is 101 Å². The van der Waals surface area contributed by atoms with E-state index in [1.165, 1.54) is 17.5 Å². The molecule has 0 fully saturated rings. The molecule has 0 bridgehead atoms. The first-order chi connectivity index (χ1) is 15.2. The van der Waals surface area contributed by atoms with Gasteiger partial charge in [0.15, 0.2) is 0 Å². The molecule has 0 spiro atoms. The van der Waals surface area contributed by atoms with E-state index in [2.05, 4.69) is 4.98 Å².